The van der Waals surface area contributed by atoms with Gasteiger partial charge in [0.25, 0.3) is 0 Å². The molecule has 2 aromatic heterocycles. The average Bonchev–Trinajstić information content (AvgIpc) is 3.17. The lowest BCUT2D eigenvalue weighted by Gasteiger charge is -2.24. The number of ether oxygens (including phenoxy) is 1. The van der Waals surface area contributed by atoms with Crippen LogP contribution in [0.1, 0.15) is 41.9 Å². The van der Waals surface area contributed by atoms with Crippen LogP contribution in [0.15, 0.2) is 17.6 Å². The fraction of sp³-hybridized carbons (Fsp3) is 0.571. The summed E-state index contributed by atoms with van der Waals surface area (Å²) >= 11 is 1.72. The molecule has 0 radical (unpaired) electrons. The van der Waals surface area contributed by atoms with Gasteiger partial charge in [0.05, 0.1) is 5.69 Å². The summed E-state index contributed by atoms with van der Waals surface area (Å²) in [5.74, 6) is 1.68. The second-order valence-electron chi connectivity index (χ2n) is 5.39. The van der Waals surface area contributed by atoms with Gasteiger partial charge < -0.3 is 10.1 Å². The Morgan fingerprint density at radius 2 is 2.20 bits per heavy atom. The molecule has 1 atom stereocenters. The maximum atomic E-state index is 5.44. The molecule has 2 aromatic rings. The molecular formula is C14H18N4OS. The average molecular weight is 290 g/mol. The standard InChI is InChI=1S/C14H18N4OS/c1-4-15-13-9-11(10-2-6-19-7-3-10)17-18(13)12(1)14-16-5-8-20-14/h5,8-10,12,15H,1-4,6-7H2. The minimum Gasteiger partial charge on any atom is -0.381 e. The third-order valence-electron chi connectivity index (χ3n) is 4.15. The van der Waals surface area contributed by atoms with Crippen LogP contribution in [-0.4, -0.2) is 34.5 Å². The molecule has 106 valence electrons. The van der Waals surface area contributed by atoms with Crippen molar-refractivity contribution >= 4 is 17.2 Å². The molecule has 5 nitrogen and oxygen atoms in total. The van der Waals surface area contributed by atoms with Crippen LogP contribution in [0.3, 0.4) is 0 Å². The van der Waals surface area contributed by atoms with Crippen LogP contribution >= 0.6 is 11.3 Å². The summed E-state index contributed by atoms with van der Waals surface area (Å²) < 4.78 is 7.58. The fourth-order valence-electron chi connectivity index (χ4n) is 3.06. The molecule has 1 saturated heterocycles. The van der Waals surface area contributed by atoms with Crippen LogP contribution in [0.25, 0.3) is 0 Å². The van der Waals surface area contributed by atoms with Gasteiger partial charge in [0, 0.05) is 43.3 Å². The quantitative estimate of drug-likeness (QED) is 0.924. The molecule has 0 spiro atoms. The molecule has 1 fully saturated rings. The molecule has 0 aliphatic carbocycles. The van der Waals surface area contributed by atoms with Gasteiger partial charge in [-0.25, -0.2) is 9.67 Å². The summed E-state index contributed by atoms with van der Waals surface area (Å²) in [7, 11) is 0. The van der Waals surface area contributed by atoms with E-state index in [9.17, 15) is 0 Å². The van der Waals surface area contributed by atoms with Gasteiger partial charge in [0.15, 0.2) is 0 Å². The van der Waals surface area contributed by atoms with Crippen LogP contribution in [0, 0.1) is 0 Å². The predicted octanol–water partition coefficient (Wildman–Crippen LogP) is 2.64. The van der Waals surface area contributed by atoms with Crippen molar-refractivity contribution in [3.63, 3.8) is 0 Å². The zero-order valence-corrected chi connectivity index (χ0v) is 12.1. The van der Waals surface area contributed by atoms with Crippen molar-refractivity contribution in [2.45, 2.75) is 31.2 Å². The zero-order chi connectivity index (χ0) is 13.4. The third kappa shape index (κ3) is 2.13. The Hall–Kier alpha value is -1.40. The molecule has 1 unspecified atom stereocenters. The van der Waals surface area contributed by atoms with Crippen molar-refractivity contribution in [3.05, 3.63) is 28.3 Å². The first kappa shape index (κ1) is 12.3. The number of aromatic nitrogens is 3. The maximum Gasteiger partial charge on any atom is 0.125 e. The van der Waals surface area contributed by atoms with E-state index in [-0.39, 0.29) is 0 Å². The molecular weight excluding hydrogens is 272 g/mol. The predicted molar refractivity (Wildman–Crippen MR) is 78.4 cm³/mol. The highest BCUT2D eigenvalue weighted by molar-refractivity contribution is 7.09. The molecule has 0 aromatic carbocycles. The number of thiazole rings is 1. The van der Waals surface area contributed by atoms with E-state index >= 15 is 0 Å². The summed E-state index contributed by atoms with van der Waals surface area (Å²) in [6.07, 6.45) is 5.09. The molecule has 0 bridgehead atoms. The summed E-state index contributed by atoms with van der Waals surface area (Å²) in [5, 5.41) is 11.5. The molecule has 4 heterocycles. The first-order valence-corrected chi connectivity index (χ1v) is 8.10. The van der Waals surface area contributed by atoms with Crippen molar-refractivity contribution in [1.82, 2.24) is 14.8 Å². The number of anilines is 1. The number of nitrogens with zero attached hydrogens (tertiary/aromatic N) is 3. The third-order valence-corrected chi connectivity index (χ3v) is 5.03. The number of rotatable bonds is 2. The Morgan fingerprint density at radius 3 is 3.00 bits per heavy atom. The van der Waals surface area contributed by atoms with E-state index in [2.05, 4.69) is 21.0 Å². The van der Waals surface area contributed by atoms with Crippen LogP contribution in [-0.2, 0) is 4.74 Å². The highest BCUT2D eigenvalue weighted by Gasteiger charge is 2.27. The van der Waals surface area contributed by atoms with Gasteiger partial charge >= 0.3 is 0 Å². The van der Waals surface area contributed by atoms with E-state index in [1.165, 1.54) is 5.69 Å². The highest BCUT2D eigenvalue weighted by Crippen LogP contribution is 2.34. The van der Waals surface area contributed by atoms with Gasteiger partial charge in [-0.05, 0) is 19.3 Å². The lowest BCUT2D eigenvalue weighted by atomic mass is 9.97. The Labute approximate surface area is 122 Å². The summed E-state index contributed by atoms with van der Waals surface area (Å²) in [4.78, 5) is 4.47. The summed E-state index contributed by atoms with van der Waals surface area (Å²) in [5.41, 5.74) is 1.21. The first-order valence-electron chi connectivity index (χ1n) is 7.22. The molecule has 2 aliphatic rings. The highest BCUT2D eigenvalue weighted by atomic mass is 32.1. The van der Waals surface area contributed by atoms with E-state index in [0.717, 1.165) is 49.8 Å². The van der Waals surface area contributed by atoms with Crippen LogP contribution < -0.4 is 5.32 Å². The maximum absolute atomic E-state index is 5.44. The Morgan fingerprint density at radius 1 is 1.30 bits per heavy atom. The molecule has 4 rings (SSSR count). The Bertz CT molecular complexity index is 574. The van der Waals surface area contributed by atoms with E-state index < -0.39 is 0 Å². The summed E-state index contributed by atoms with van der Waals surface area (Å²) in [6, 6.07) is 2.51. The van der Waals surface area contributed by atoms with E-state index in [0.29, 0.717) is 12.0 Å². The molecule has 6 heteroatoms. The van der Waals surface area contributed by atoms with E-state index in [1.54, 1.807) is 11.3 Å². The van der Waals surface area contributed by atoms with Gasteiger partial charge in [-0.15, -0.1) is 11.3 Å². The van der Waals surface area contributed by atoms with Crippen LogP contribution in [0.4, 0.5) is 5.82 Å². The Balaban J connectivity index is 1.66. The van der Waals surface area contributed by atoms with Crippen LogP contribution in [0.5, 0.6) is 0 Å². The van der Waals surface area contributed by atoms with Crippen molar-refractivity contribution in [2.24, 2.45) is 0 Å². The van der Waals surface area contributed by atoms with Gasteiger partial charge in [-0.1, -0.05) is 0 Å². The number of nitrogens with one attached hydrogen (secondary N) is 1. The van der Waals surface area contributed by atoms with Crippen LogP contribution in [0.2, 0.25) is 0 Å². The molecule has 2 aliphatic heterocycles. The lowest BCUT2D eigenvalue weighted by molar-refractivity contribution is 0.0843. The minimum atomic E-state index is 0.292. The second-order valence-corrected chi connectivity index (χ2v) is 6.31. The molecule has 1 N–H and O–H groups in total. The van der Waals surface area contributed by atoms with Gasteiger partial charge in [0.1, 0.15) is 16.9 Å². The topological polar surface area (TPSA) is 52.0 Å². The molecule has 20 heavy (non-hydrogen) atoms. The largest absolute Gasteiger partial charge is 0.381 e. The van der Waals surface area contributed by atoms with Gasteiger partial charge in [0.2, 0.25) is 0 Å². The van der Waals surface area contributed by atoms with E-state index in [1.807, 2.05) is 11.6 Å². The normalized spacial score (nSPS) is 23.3. The zero-order valence-electron chi connectivity index (χ0n) is 11.3. The molecule has 0 amide bonds. The van der Waals surface area contributed by atoms with E-state index in [4.69, 9.17) is 9.84 Å². The number of hydrogen-bond donors (Lipinski definition) is 1. The minimum absolute atomic E-state index is 0.292. The van der Waals surface area contributed by atoms with Gasteiger partial charge in [-0.2, -0.15) is 5.10 Å². The van der Waals surface area contributed by atoms with Crippen molar-refractivity contribution in [1.29, 1.82) is 0 Å². The Kier molecular flexibility index (Phi) is 3.20. The van der Waals surface area contributed by atoms with Crippen molar-refractivity contribution in [3.8, 4) is 0 Å². The van der Waals surface area contributed by atoms with Crippen molar-refractivity contribution < 1.29 is 4.74 Å². The SMILES string of the molecule is c1csc(C2CCNc3cc(C4CCOCC4)nn32)n1. The first-order chi connectivity index (χ1) is 9.92. The van der Waals surface area contributed by atoms with Crippen molar-refractivity contribution in [2.75, 3.05) is 25.1 Å². The summed E-state index contributed by atoms with van der Waals surface area (Å²) in [6.45, 7) is 2.70. The number of hydrogen-bond acceptors (Lipinski definition) is 5. The van der Waals surface area contributed by atoms with Gasteiger partial charge in [-0.3, -0.25) is 0 Å². The smallest absolute Gasteiger partial charge is 0.125 e. The molecule has 0 saturated carbocycles. The second kappa shape index (κ2) is 5.18. The number of fused-ring (bicyclic) bond motifs is 1. The monoisotopic (exact) mass is 290 g/mol. The fourth-order valence-corrected chi connectivity index (χ4v) is 3.82. The lowest BCUT2D eigenvalue weighted by Crippen LogP contribution is -2.24.